The molecule has 0 aliphatic carbocycles. The molecule has 0 saturated carbocycles. The molecule has 2 N–H and O–H groups in total. The number of rotatable bonds is 4. The highest BCUT2D eigenvalue weighted by atomic mass is 32.1. The summed E-state index contributed by atoms with van der Waals surface area (Å²) < 4.78 is 6.17. The van der Waals surface area contributed by atoms with Gasteiger partial charge in [-0.1, -0.05) is 0 Å². The van der Waals surface area contributed by atoms with E-state index in [0.717, 1.165) is 15.0 Å². The molecule has 0 aromatic carbocycles. The van der Waals surface area contributed by atoms with Crippen molar-refractivity contribution in [3.63, 3.8) is 0 Å². The van der Waals surface area contributed by atoms with Crippen molar-refractivity contribution in [3.8, 4) is 0 Å². The highest BCUT2D eigenvalue weighted by molar-refractivity contribution is 7.18. The van der Waals surface area contributed by atoms with Crippen molar-refractivity contribution in [2.45, 2.75) is 59.7 Å². The van der Waals surface area contributed by atoms with Gasteiger partial charge in [-0.15, -0.1) is 11.3 Å². The normalized spacial score (nSPS) is 12.5. The van der Waals surface area contributed by atoms with Crippen LogP contribution in [0.3, 0.4) is 0 Å². The van der Waals surface area contributed by atoms with E-state index in [0.29, 0.717) is 10.2 Å². The van der Waals surface area contributed by atoms with Crippen LogP contribution < -0.4 is 16.2 Å². The highest BCUT2D eigenvalue weighted by Gasteiger charge is 2.23. The lowest BCUT2D eigenvalue weighted by Gasteiger charge is -2.21. The van der Waals surface area contributed by atoms with Gasteiger partial charge < -0.3 is 10.1 Å². The molecule has 0 aliphatic rings. The molecule has 3 amide bonds. The molecule has 0 unspecified atom stereocenters. The Hall–Kier alpha value is -2.75. The van der Waals surface area contributed by atoms with Crippen LogP contribution in [-0.2, 0) is 20.9 Å². The fourth-order valence-electron chi connectivity index (χ4n) is 2.40. The number of carbonyl (C=O) groups excluding carboxylic acids is 3. The van der Waals surface area contributed by atoms with Gasteiger partial charge in [-0.3, -0.25) is 24.3 Å². The lowest BCUT2D eigenvalue weighted by Crippen LogP contribution is -2.50. The molecule has 2 aromatic heterocycles. The molecule has 0 saturated heterocycles. The number of hydrogen-bond donors (Lipinski definition) is 2. The van der Waals surface area contributed by atoms with Crippen molar-refractivity contribution in [1.82, 2.24) is 20.2 Å². The Morgan fingerprint density at radius 1 is 1.29 bits per heavy atom. The maximum absolute atomic E-state index is 12.6. The summed E-state index contributed by atoms with van der Waals surface area (Å²) in [6, 6.07) is -0.686. The summed E-state index contributed by atoms with van der Waals surface area (Å²) in [6.45, 7) is 9.97. The number of imide groups is 1. The quantitative estimate of drug-likeness (QED) is 0.742. The maximum atomic E-state index is 12.6. The molecule has 0 spiro atoms. The van der Waals surface area contributed by atoms with Gasteiger partial charge in [0.05, 0.1) is 11.7 Å². The predicted octanol–water partition coefficient (Wildman–Crippen LogP) is 1.63. The fourth-order valence-corrected chi connectivity index (χ4v) is 3.38. The third-order valence-electron chi connectivity index (χ3n) is 3.86. The molecule has 2 heterocycles. The van der Waals surface area contributed by atoms with E-state index in [1.807, 2.05) is 13.8 Å². The Morgan fingerprint density at radius 3 is 2.54 bits per heavy atom. The van der Waals surface area contributed by atoms with Crippen molar-refractivity contribution in [2.24, 2.45) is 0 Å². The zero-order valence-corrected chi connectivity index (χ0v) is 17.5. The number of hydrogen-bond acceptors (Lipinski definition) is 7. The first-order chi connectivity index (χ1) is 12.9. The van der Waals surface area contributed by atoms with E-state index in [-0.39, 0.29) is 12.1 Å². The van der Waals surface area contributed by atoms with Gasteiger partial charge in [0.25, 0.3) is 11.5 Å². The largest absolute Gasteiger partial charge is 0.451 e. The number of ether oxygens (including phenoxy) is 1. The van der Waals surface area contributed by atoms with Gasteiger partial charge >= 0.3 is 12.0 Å². The zero-order valence-electron chi connectivity index (χ0n) is 16.7. The summed E-state index contributed by atoms with van der Waals surface area (Å²) in [6.07, 6.45) is 0.0822. The Bertz CT molecular complexity index is 986. The Morgan fingerprint density at radius 2 is 1.93 bits per heavy atom. The smallest absolute Gasteiger partial charge is 0.326 e. The minimum absolute atomic E-state index is 0.342. The van der Waals surface area contributed by atoms with E-state index in [1.54, 1.807) is 20.8 Å². The topological polar surface area (TPSA) is 119 Å². The third-order valence-corrected chi connectivity index (χ3v) is 4.97. The van der Waals surface area contributed by atoms with E-state index in [4.69, 9.17) is 4.74 Å². The van der Waals surface area contributed by atoms with E-state index in [9.17, 15) is 19.2 Å². The van der Waals surface area contributed by atoms with Crippen molar-refractivity contribution < 1.29 is 19.1 Å². The van der Waals surface area contributed by atoms with Gasteiger partial charge in [-0.25, -0.2) is 9.78 Å². The van der Waals surface area contributed by atoms with Crippen LogP contribution in [0.1, 0.15) is 38.1 Å². The second kappa shape index (κ2) is 8.09. The number of fused-ring (bicyclic) bond motifs is 1. The summed E-state index contributed by atoms with van der Waals surface area (Å²) in [5.74, 6) is -1.55. The molecule has 2 rings (SSSR count). The molecule has 0 bridgehead atoms. The Balaban J connectivity index is 2.02. The molecule has 28 heavy (non-hydrogen) atoms. The van der Waals surface area contributed by atoms with Crippen LogP contribution in [0.25, 0.3) is 10.2 Å². The molecule has 2 aromatic rings. The van der Waals surface area contributed by atoms with Crippen LogP contribution in [-0.4, -0.2) is 39.1 Å². The van der Waals surface area contributed by atoms with Crippen molar-refractivity contribution >= 4 is 39.5 Å². The van der Waals surface area contributed by atoms with Crippen LogP contribution in [0, 0.1) is 13.8 Å². The second-order valence-electron chi connectivity index (χ2n) is 7.47. The van der Waals surface area contributed by atoms with Crippen LogP contribution in [0.2, 0.25) is 0 Å². The van der Waals surface area contributed by atoms with E-state index < -0.39 is 29.6 Å². The molecular weight excluding hydrogens is 384 g/mol. The fraction of sp³-hybridized carbons (Fsp3) is 0.500. The lowest BCUT2D eigenvalue weighted by molar-refractivity contribution is -0.155. The monoisotopic (exact) mass is 408 g/mol. The number of urea groups is 1. The predicted molar refractivity (Wildman–Crippen MR) is 105 cm³/mol. The summed E-state index contributed by atoms with van der Waals surface area (Å²) in [7, 11) is 0. The third kappa shape index (κ3) is 5.16. The zero-order chi connectivity index (χ0) is 21.2. The minimum Gasteiger partial charge on any atom is -0.451 e. The number of esters is 1. The van der Waals surface area contributed by atoms with E-state index >= 15 is 0 Å². The average Bonchev–Trinajstić information content (AvgIpc) is 2.83. The Labute approximate surface area is 166 Å². The van der Waals surface area contributed by atoms with Gasteiger partial charge in [0.15, 0.2) is 6.10 Å². The molecule has 0 fully saturated rings. The first-order valence-electron chi connectivity index (χ1n) is 8.66. The van der Waals surface area contributed by atoms with Gasteiger partial charge in [-0.05, 0) is 47.1 Å². The van der Waals surface area contributed by atoms with Gasteiger partial charge in [0, 0.05) is 10.4 Å². The average molecular weight is 408 g/mol. The number of amides is 3. The SMILES string of the molecule is Cc1sc2ncn(CC(=O)O[C@H](C)C(=O)NC(=O)NC(C)(C)C)c(=O)c2c1C. The van der Waals surface area contributed by atoms with E-state index in [2.05, 4.69) is 15.6 Å². The number of aryl methyl sites for hydroxylation is 2. The van der Waals surface area contributed by atoms with Crippen molar-refractivity contribution in [1.29, 1.82) is 0 Å². The van der Waals surface area contributed by atoms with E-state index in [1.165, 1.54) is 24.6 Å². The second-order valence-corrected chi connectivity index (χ2v) is 8.67. The first kappa shape index (κ1) is 21.5. The first-order valence-corrected chi connectivity index (χ1v) is 9.48. The summed E-state index contributed by atoms with van der Waals surface area (Å²) >= 11 is 1.41. The standard InChI is InChI=1S/C18H24N4O5S/c1-9-11(3)28-15-13(9)16(25)22(8-19-15)7-12(23)27-10(2)14(24)20-17(26)21-18(4,5)6/h8,10H,7H2,1-6H3,(H2,20,21,24,26)/t10-/m1/s1. The number of carbonyl (C=O) groups is 3. The molecule has 1 atom stereocenters. The van der Waals surface area contributed by atoms with Crippen LogP contribution >= 0.6 is 11.3 Å². The van der Waals surface area contributed by atoms with Gasteiger partial charge in [0.2, 0.25) is 0 Å². The van der Waals surface area contributed by atoms with Crippen LogP contribution in [0.4, 0.5) is 4.79 Å². The lowest BCUT2D eigenvalue weighted by atomic mass is 10.1. The maximum Gasteiger partial charge on any atom is 0.326 e. The van der Waals surface area contributed by atoms with Gasteiger partial charge in [-0.2, -0.15) is 0 Å². The summed E-state index contributed by atoms with van der Waals surface area (Å²) in [5.41, 5.74) is -0.0295. The number of aromatic nitrogens is 2. The van der Waals surface area contributed by atoms with Crippen LogP contribution in [0.15, 0.2) is 11.1 Å². The number of nitrogens with one attached hydrogen (secondary N) is 2. The molecule has 152 valence electrons. The summed E-state index contributed by atoms with van der Waals surface area (Å²) in [4.78, 5) is 54.2. The molecule has 0 aliphatic heterocycles. The number of nitrogens with zero attached hydrogens (tertiary/aromatic N) is 2. The minimum atomic E-state index is -1.20. The molecule has 0 radical (unpaired) electrons. The highest BCUT2D eigenvalue weighted by Crippen LogP contribution is 2.25. The van der Waals surface area contributed by atoms with Gasteiger partial charge in [0.1, 0.15) is 11.4 Å². The van der Waals surface area contributed by atoms with Crippen molar-refractivity contribution in [3.05, 3.63) is 27.1 Å². The van der Waals surface area contributed by atoms with Crippen molar-refractivity contribution in [2.75, 3.05) is 0 Å². The molecular formula is C18H24N4O5S. The number of thiophene rings is 1. The summed E-state index contributed by atoms with van der Waals surface area (Å²) in [5, 5.41) is 5.15. The molecule has 10 heteroatoms. The molecule has 9 nitrogen and oxygen atoms in total. The van der Waals surface area contributed by atoms with Crippen LogP contribution in [0.5, 0.6) is 0 Å². The Kier molecular flexibility index (Phi) is 6.23.